The van der Waals surface area contributed by atoms with Gasteiger partial charge in [-0.1, -0.05) is 27.9 Å². The lowest BCUT2D eigenvalue weighted by Crippen LogP contribution is -2.28. The van der Waals surface area contributed by atoms with Gasteiger partial charge in [-0.2, -0.15) is 0 Å². The number of carbonyl (C=O) groups excluding carboxylic acids is 2. The van der Waals surface area contributed by atoms with Gasteiger partial charge in [0.1, 0.15) is 0 Å². The standard InChI is InChI=1S/C19H15BrN2O2/c1-2-13-4-3-5-16(10-13)21-19(24)14-11-18(23)22(12-14)17-8-6-15(20)7-9-17/h1,3-10,14H,11-12H2,(H,21,24). The zero-order valence-electron chi connectivity index (χ0n) is 12.8. The number of benzene rings is 2. The Morgan fingerprint density at radius 3 is 2.71 bits per heavy atom. The van der Waals surface area contributed by atoms with Crippen LogP contribution in [0.4, 0.5) is 11.4 Å². The average Bonchev–Trinajstić information content (AvgIpc) is 2.98. The molecule has 0 aliphatic carbocycles. The summed E-state index contributed by atoms with van der Waals surface area (Å²) in [7, 11) is 0. The summed E-state index contributed by atoms with van der Waals surface area (Å²) in [5.41, 5.74) is 2.14. The van der Waals surface area contributed by atoms with Crippen molar-refractivity contribution in [2.24, 2.45) is 5.92 Å². The van der Waals surface area contributed by atoms with E-state index in [1.165, 1.54) is 0 Å². The molecule has 1 atom stereocenters. The van der Waals surface area contributed by atoms with Gasteiger partial charge in [0.2, 0.25) is 11.8 Å². The molecule has 3 rings (SSSR count). The molecule has 1 unspecified atom stereocenters. The number of halogens is 1. The molecule has 0 saturated carbocycles. The molecule has 0 bridgehead atoms. The largest absolute Gasteiger partial charge is 0.326 e. The average molecular weight is 383 g/mol. The van der Waals surface area contributed by atoms with Gasteiger partial charge in [-0.3, -0.25) is 9.59 Å². The van der Waals surface area contributed by atoms with Crippen molar-refractivity contribution in [3.63, 3.8) is 0 Å². The molecule has 1 aliphatic rings. The Morgan fingerprint density at radius 1 is 1.25 bits per heavy atom. The topological polar surface area (TPSA) is 49.4 Å². The highest BCUT2D eigenvalue weighted by Crippen LogP contribution is 2.27. The van der Waals surface area contributed by atoms with Crippen LogP contribution in [0, 0.1) is 18.3 Å². The minimum absolute atomic E-state index is 0.0464. The molecule has 1 aliphatic heterocycles. The molecule has 1 heterocycles. The Labute approximate surface area is 149 Å². The summed E-state index contributed by atoms with van der Waals surface area (Å²) in [6.45, 7) is 0.376. The predicted octanol–water partition coefficient (Wildman–Crippen LogP) is 3.42. The normalized spacial score (nSPS) is 16.8. The van der Waals surface area contributed by atoms with E-state index in [0.29, 0.717) is 17.8 Å². The molecule has 2 amide bonds. The van der Waals surface area contributed by atoms with Gasteiger partial charge in [0.15, 0.2) is 0 Å². The first kappa shape index (κ1) is 16.3. The SMILES string of the molecule is C#Cc1cccc(NC(=O)C2CC(=O)N(c3ccc(Br)cc3)C2)c1. The Morgan fingerprint density at radius 2 is 2.00 bits per heavy atom. The highest BCUT2D eigenvalue weighted by atomic mass is 79.9. The zero-order valence-corrected chi connectivity index (χ0v) is 14.4. The third kappa shape index (κ3) is 3.50. The van der Waals surface area contributed by atoms with Gasteiger partial charge in [-0.15, -0.1) is 6.42 Å². The summed E-state index contributed by atoms with van der Waals surface area (Å²) in [5.74, 6) is 1.94. The minimum atomic E-state index is -0.379. The molecule has 2 aromatic rings. The second-order valence-corrected chi connectivity index (χ2v) is 6.51. The van der Waals surface area contributed by atoms with Crippen LogP contribution in [0.15, 0.2) is 53.0 Å². The van der Waals surface area contributed by atoms with Crippen molar-refractivity contribution < 1.29 is 9.59 Å². The van der Waals surface area contributed by atoms with Crippen LogP contribution in [0.5, 0.6) is 0 Å². The summed E-state index contributed by atoms with van der Waals surface area (Å²) in [6.07, 6.45) is 5.57. The second kappa shape index (κ2) is 6.90. The molecule has 0 aromatic heterocycles. The summed E-state index contributed by atoms with van der Waals surface area (Å²) in [6, 6.07) is 14.6. The van der Waals surface area contributed by atoms with Crippen LogP contribution < -0.4 is 10.2 Å². The number of anilines is 2. The van der Waals surface area contributed by atoms with Crippen molar-refractivity contribution in [2.75, 3.05) is 16.8 Å². The summed E-state index contributed by atoms with van der Waals surface area (Å²) < 4.78 is 0.945. The number of amides is 2. The fourth-order valence-electron chi connectivity index (χ4n) is 2.68. The summed E-state index contributed by atoms with van der Waals surface area (Å²) in [4.78, 5) is 26.3. The van der Waals surface area contributed by atoms with Crippen molar-refractivity contribution >= 4 is 39.1 Å². The Hall–Kier alpha value is -2.58. The van der Waals surface area contributed by atoms with Crippen LogP contribution in [-0.2, 0) is 9.59 Å². The number of nitrogens with one attached hydrogen (secondary N) is 1. The summed E-state index contributed by atoms with van der Waals surface area (Å²) >= 11 is 3.37. The molecule has 1 fully saturated rings. The number of rotatable bonds is 3. The quantitative estimate of drug-likeness (QED) is 0.826. The van der Waals surface area contributed by atoms with Gasteiger partial charge >= 0.3 is 0 Å². The maximum absolute atomic E-state index is 12.4. The third-order valence-corrected chi connectivity index (χ3v) is 4.46. The molecule has 5 heteroatoms. The molecule has 4 nitrogen and oxygen atoms in total. The first-order chi connectivity index (χ1) is 11.6. The number of nitrogens with zero attached hydrogens (tertiary/aromatic N) is 1. The van der Waals surface area contributed by atoms with Crippen molar-refractivity contribution in [1.82, 2.24) is 0 Å². The Kier molecular flexibility index (Phi) is 4.68. The molecule has 24 heavy (non-hydrogen) atoms. The molecule has 0 spiro atoms. The first-order valence-electron chi connectivity index (χ1n) is 7.50. The van der Waals surface area contributed by atoms with E-state index in [4.69, 9.17) is 6.42 Å². The van der Waals surface area contributed by atoms with Gasteiger partial charge in [-0.25, -0.2) is 0 Å². The molecule has 1 saturated heterocycles. The highest BCUT2D eigenvalue weighted by molar-refractivity contribution is 9.10. The van der Waals surface area contributed by atoms with E-state index in [1.54, 1.807) is 29.2 Å². The van der Waals surface area contributed by atoms with E-state index in [1.807, 2.05) is 24.3 Å². The maximum atomic E-state index is 12.4. The van der Waals surface area contributed by atoms with Crippen molar-refractivity contribution in [2.45, 2.75) is 6.42 Å². The molecule has 0 radical (unpaired) electrons. The van der Waals surface area contributed by atoms with Gasteiger partial charge < -0.3 is 10.2 Å². The van der Waals surface area contributed by atoms with Crippen LogP contribution in [0.25, 0.3) is 0 Å². The maximum Gasteiger partial charge on any atom is 0.229 e. The molecule has 120 valence electrons. The van der Waals surface area contributed by atoms with Crippen LogP contribution in [0.2, 0.25) is 0 Å². The van der Waals surface area contributed by atoms with E-state index in [-0.39, 0.29) is 24.2 Å². The van der Waals surface area contributed by atoms with Gasteiger partial charge in [0.05, 0.1) is 5.92 Å². The van der Waals surface area contributed by atoms with Gasteiger partial charge in [0, 0.05) is 34.4 Å². The Balaban J connectivity index is 1.69. The molecular formula is C19H15BrN2O2. The van der Waals surface area contributed by atoms with Crippen molar-refractivity contribution in [1.29, 1.82) is 0 Å². The fourth-order valence-corrected chi connectivity index (χ4v) is 2.95. The Bertz CT molecular complexity index is 824. The number of hydrogen-bond donors (Lipinski definition) is 1. The lowest BCUT2D eigenvalue weighted by Gasteiger charge is -2.16. The van der Waals surface area contributed by atoms with E-state index in [0.717, 1.165) is 10.2 Å². The molecular weight excluding hydrogens is 368 g/mol. The smallest absolute Gasteiger partial charge is 0.229 e. The van der Waals surface area contributed by atoms with Crippen LogP contribution >= 0.6 is 15.9 Å². The lowest BCUT2D eigenvalue weighted by molar-refractivity contribution is -0.122. The van der Waals surface area contributed by atoms with Crippen LogP contribution in [0.1, 0.15) is 12.0 Å². The summed E-state index contributed by atoms with van der Waals surface area (Å²) in [5, 5.41) is 2.84. The third-order valence-electron chi connectivity index (χ3n) is 3.93. The molecule has 1 N–H and O–H groups in total. The zero-order chi connectivity index (χ0) is 17.1. The van der Waals surface area contributed by atoms with E-state index in [2.05, 4.69) is 27.2 Å². The van der Waals surface area contributed by atoms with Crippen LogP contribution in [0.3, 0.4) is 0 Å². The van der Waals surface area contributed by atoms with Crippen LogP contribution in [-0.4, -0.2) is 18.4 Å². The van der Waals surface area contributed by atoms with E-state index >= 15 is 0 Å². The number of hydrogen-bond acceptors (Lipinski definition) is 2. The predicted molar refractivity (Wildman–Crippen MR) is 97.6 cm³/mol. The van der Waals surface area contributed by atoms with Gasteiger partial charge in [0.25, 0.3) is 0 Å². The van der Waals surface area contributed by atoms with E-state index < -0.39 is 0 Å². The lowest BCUT2D eigenvalue weighted by atomic mass is 10.1. The van der Waals surface area contributed by atoms with Crippen molar-refractivity contribution in [3.8, 4) is 12.3 Å². The highest BCUT2D eigenvalue weighted by Gasteiger charge is 2.35. The number of terminal acetylenes is 1. The minimum Gasteiger partial charge on any atom is -0.326 e. The monoisotopic (exact) mass is 382 g/mol. The molecule has 2 aromatic carbocycles. The number of carbonyl (C=O) groups is 2. The van der Waals surface area contributed by atoms with E-state index in [9.17, 15) is 9.59 Å². The van der Waals surface area contributed by atoms with Gasteiger partial charge in [-0.05, 0) is 42.5 Å². The first-order valence-corrected chi connectivity index (χ1v) is 8.29. The fraction of sp³-hybridized carbons (Fsp3) is 0.158. The second-order valence-electron chi connectivity index (χ2n) is 5.60. The van der Waals surface area contributed by atoms with Crippen molar-refractivity contribution in [3.05, 3.63) is 58.6 Å².